The van der Waals surface area contributed by atoms with Crippen LogP contribution in [-0.2, 0) is 0 Å². The first kappa shape index (κ1) is 18.7. The van der Waals surface area contributed by atoms with E-state index in [4.69, 9.17) is 5.11 Å². The summed E-state index contributed by atoms with van der Waals surface area (Å²) in [5.74, 6) is -1.89. The molecule has 1 aromatic heterocycles. The maximum absolute atomic E-state index is 12.5. The molecule has 0 atom stereocenters. The van der Waals surface area contributed by atoms with Crippen LogP contribution in [0.2, 0.25) is 0 Å². The number of carbonyl (C=O) groups is 2. The number of alkyl halides is 3. The molecule has 1 aliphatic heterocycles. The Labute approximate surface area is 151 Å². The van der Waals surface area contributed by atoms with Crippen molar-refractivity contribution in [3.8, 4) is 5.75 Å². The fourth-order valence-electron chi connectivity index (χ4n) is 2.99. The summed E-state index contributed by atoms with van der Waals surface area (Å²) in [4.78, 5) is 25.0. The van der Waals surface area contributed by atoms with Gasteiger partial charge in [0.25, 0.3) is 5.91 Å². The third kappa shape index (κ3) is 4.57. The topological polar surface area (TPSA) is 84.7 Å². The predicted molar refractivity (Wildman–Crippen MR) is 86.5 cm³/mol. The largest absolute Gasteiger partial charge is 0.573 e. The van der Waals surface area contributed by atoms with Crippen molar-refractivity contribution < 1.29 is 32.6 Å². The maximum Gasteiger partial charge on any atom is 0.573 e. The molecule has 27 heavy (non-hydrogen) atoms. The van der Waals surface area contributed by atoms with E-state index in [0.29, 0.717) is 25.9 Å². The Kier molecular flexibility index (Phi) is 5.06. The molecule has 0 saturated carbocycles. The van der Waals surface area contributed by atoms with Crippen molar-refractivity contribution in [2.24, 2.45) is 0 Å². The fraction of sp³-hybridized carbons (Fsp3) is 0.353. The highest BCUT2D eigenvalue weighted by Crippen LogP contribution is 2.26. The molecule has 2 aromatic rings. The van der Waals surface area contributed by atoms with E-state index < -0.39 is 18.1 Å². The zero-order chi connectivity index (χ0) is 19.6. The standard InChI is InChI=1S/C17H16F3N3O4/c18-17(19,20)27-14-3-1-2-11(8-14)15(24)22-6-4-13(5-7-22)23-10-12(9-21-23)16(25)26/h1-3,8-10,13H,4-7H2,(H,25,26). The van der Waals surface area contributed by atoms with Crippen LogP contribution in [0.4, 0.5) is 13.2 Å². The lowest BCUT2D eigenvalue weighted by Crippen LogP contribution is -2.39. The van der Waals surface area contributed by atoms with Crippen LogP contribution < -0.4 is 4.74 Å². The Morgan fingerprint density at radius 3 is 2.48 bits per heavy atom. The van der Waals surface area contributed by atoms with Gasteiger partial charge in [0, 0.05) is 24.8 Å². The van der Waals surface area contributed by atoms with Gasteiger partial charge in [-0.05, 0) is 31.0 Å². The summed E-state index contributed by atoms with van der Waals surface area (Å²) >= 11 is 0. The first-order valence-electron chi connectivity index (χ1n) is 8.15. The molecular formula is C17H16F3N3O4. The van der Waals surface area contributed by atoms with E-state index in [9.17, 15) is 22.8 Å². The van der Waals surface area contributed by atoms with Gasteiger partial charge < -0.3 is 14.7 Å². The minimum atomic E-state index is -4.82. The summed E-state index contributed by atoms with van der Waals surface area (Å²) in [7, 11) is 0. The molecule has 1 amide bonds. The van der Waals surface area contributed by atoms with Gasteiger partial charge >= 0.3 is 12.3 Å². The number of nitrogens with zero attached hydrogens (tertiary/aromatic N) is 3. The monoisotopic (exact) mass is 383 g/mol. The first-order valence-corrected chi connectivity index (χ1v) is 8.15. The molecule has 7 nitrogen and oxygen atoms in total. The summed E-state index contributed by atoms with van der Waals surface area (Å²) in [5, 5.41) is 13.0. The van der Waals surface area contributed by atoms with E-state index in [0.717, 1.165) is 12.1 Å². The van der Waals surface area contributed by atoms with Gasteiger partial charge in [-0.25, -0.2) is 4.79 Å². The van der Waals surface area contributed by atoms with E-state index in [1.54, 1.807) is 9.58 Å². The van der Waals surface area contributed by atoms with Crippen molar-refractivity contribution in [3.05, 3.63) is 47.8 Å². The molecule has 1 N–H and O–H groups in total. The van der Waals surface area contributed by atoms with E-state index in [1.165, 1.54) is 24.5 Å². The van der Waals surface area contributed by atoms with E-state index >= 15 is 0 Å². The van der Waals surface area contributed by atoms with Crippen LogP contribution >= 0.6 is 0 Å². The van der Waals surface area contributed by atoms with Gasteiger partial charge in [-0.2, -0.15) is 5.10 Å². The highest BCUT2D eigenvalue weighted by molar-refractivity contribution is 5.94. The Bertz CT molecular complexity index is 842. The molecule has 3 rings (SSSR count). The number of ether oxygens (including phenoxy) is 1. The number of aromatic nitrogens is 2. The van der Waals surface area contributed by atoms with Crippen LogP contribution in [0.25, 0.3) is 0 Å². The van der Waals surface area contributed by atoms with Gasteiger partial charge in [0.15, 0.2) is 0 Å². The van der Waals surface area contributed by atoms with Crippen molar-refractivity contribution in [1.29, 1.82) is 0 Å². The number of carboxylic acid groups (broad SMARTS) is 1. The maximum atomic E-state index is 12.5. The summed E-state index contributed by atoms with van der Waals surface area (Å²) < 4.78 is 42.4. The molecule has 0 unspecified atom stereocenters. The number of carbonyl (C=O) groups excluding carboxylic acids is 1. The number of likely N-dealkylation sites (tertiary alicyclic amines) is 1. The van der Waals surface area contributed by atoms with Gasteiger partial charge in [-0.1, -0.05) is 6.07 Å². The molecule has 0 radical (unpaired) electrons. The molecule has 1 aliphatic rings. The van der Waals surface area contributed by atoms with Gasteiger partial charge in [0.1, 0.15) is 5.75 Å². The SMILES string of the molecule is O=C(O)c1cnn(C2CCN(C(=O)c3cccc(OC(F)(F)F)c3)CC2)c1. The quantitative estimate of drug-likeness (QED) is 0.878. The van der Waals surface area contributed by atoms with Crippen molar-refractivity contribution in [2.75, 3.05) is 13.1 Å². The first-order chi connectivity index (χ1) is 12.7. The predicted octanol–water partition coefficient (Wildman–Crippen LogP) is 2.96. The Morgan fingerprint density at radius 2 is 1.89 bits per heavy atom. The van der Waals surface area contributed by atoms with Crippen LogP contribution in [0, 0.1) is 0 Å². The normalized spacial score (nSPS) is 15.6. The Balaban J connectivity index is 1.63. The second kappa shape index (κ2) is 7.29. The average Bonchev–Trinajstić information content (AvgIpc) is 3.10. The fourth-order valence-corrected chi connectivity index (χ4v) is 2.99. The molecule has 0 bridgehead atoms. The van der Waals surface area contributed by atoms with Crippen molar-refractivity contribution in [2.45, 2.75) is 25.2 Å². The van der Waals surface area contributed by atoms with E-state index in [1.807, 2.05) is 0 Å². The van der Waals surface area contributed by atoms with Crippen molar-refractivity contribution in [1.82, 2.24) is 14.7 Å². The van der Waals surface area contributed by atoms with Crippen LogP contribution in [0.1, 0.15) is 39.6 Å². The summed E-state index contributed by atoms with van der Waals surface area (Å²) in [5.41, 5.74) is 0.206. The zero-order valence-electron chi connectivity index (χ0n) is 14.0. The number of aromatic carboxylic acids is 1. The molecule has 2 heterocycles. The minimum absolute atomic E-state index is 0.0398. The lowest BCUT2D eigenvalue weighted by atomic mass is 10.0. The minimum Gasteiger partial charge on any atom is -0.478 e. The lowest BCUT2D eigenvalue weighted by molar-refractivity contribution is -0.274. The third-order valence-corrected chi connectivity index (χ3v) is 4.29. The number of carboxylic acids is 1. The van der Waals surface area contributed by atoms with Gasteiger partial charge in [-0.15, -0.1) is 13.2 Å². The molecule has 1 fully saturated rings. The summed E-state index contributed by atoms with van der Waals surface area (Å²) in [6.45, 7) is 0.770. The second-order valence-electron chi connectivity index (χ2n) is 6.11. The van der Waals surface area contributed by atoms with E-state index in [2.05, 4.69) is 9.84 Å². The number of hydrogen-bond acceptors (Lipinski definition) is 4. The number of hydrogen-bond donors (Lipinski definition) is 1. The zero-order valence-corrected chi connectivity index (χ0v) is 14.0. The van der Waals surface area contributed by atoms with Crippen LogP contribution in [-0.4, -0.2) is 51.1 Å². The van der Waals surface area contributed by atoms with Crippen LogP contribution in [0.5, 0.6) is 5.75 Å². The molecule has 1 aromatic carbocycles. The molecule has 10 heteroatoms. The van der Waals surface area contributed by atoms with Gasteiger partial charge in [0.05, 0.1) is 17.8 Å². The highest BCUT2D eigenvalue weighted by Gasteiger charge is 2.31. The molecule has 0 spiro atoms. The third-order valence-electron chi connectivity index (χ3n) is 4.29. The number of halogens is 3. The smallest absolute Gasteiger partial charge is 0.478 e. The van der Waals surface area contributed by atoms with Crippen LogP contribution in [0.3, 0.4) is 0 Å². The van der Waals surface area contributed by atoms with Crippen molar-refractivity contribution in [3.63, 3.8) is 0 Å². The number of rotatable bonds is 4. The molecule has 0 aliphatic carbocycles. The molecular weight excluding hydrogens is 367 g/mol. The summed E-state index contributed by atoms with van der Waals surface area (Å²) in [6.07, 6.45) is -0.983. The lowest BCUT2D eigenvalue weighted by Gasteiger charge is -2.32. The van der Waals surface area contributed by atoms with E-state index in [-0.39, 0.29) is 23.1 Å². The second-order valence-corrected chi connectivity index (χ2v) is 6.11. The van der Waals surface area contributed by atoms with Gasteiger partial charge in [-0.3, -0.25) is 9.48 Å². The molecule has 144 valence electrons. The average molecular weight is 383 g/mol. The summed E-state index contributed by atoms with van der Waals surface area (Å²) in [6, 6.07) is 4.92. The van der Waals surface area contributed by atoms with Crippen LogP contribution in [0.15, 0.2) is 36.7 Å². The number of amides is 1. The van der Waals surface area contributed by atoms with Gasteiger partial charge in [0.2, 0.25) is 0 Å². The Morgan fingerprint density at radius 1 is 1.19 bits per heavy atom. The Hall–Kier alpha value is -3.04. The highest BCUT2D eigenvalue weighted by atomic mass is 19.4. The van der Waals surface area contributed by atoms with Crippen molar-refractivity contribution >= 4 is 11.9 Å². The molecule has 1 saturated heterocycles. The number of piperidine rings is 1. The number of benzene rings is 1.